The first-order valence-electron chi connectivity index (χ1n) is 6.74. The Bertz CT molecular complexity index is 899. The van der Waals surface area contributed by atoms with Crippen LogP contribution >= 0.6 is 0 Å². The third-order valence-electron chi connectivity index (χ3n) is 3.38. The summed E-state index contributed by atoms with van der Waals surface area (Å²) in [6.45, 7) is 0.229. The fraction of sp³-hybridized carbons (Fsp3) is 0.0625. The molecule has 0 unspecified atom stereocenters. The highest BCUT2D eigenvalue weighted by molar-refractivity contribution is 5.98. The number of fused-ring (bicyclic) bond motifs is 2. The van der Waals surface area contributed by atoms with Gasteiger partial charge in [-0.05, 0) is 35.9 Å². The summed E-state index contributed by atoms with van der Waals surface area (Å²) in [6.07, 6.45) is 3.17. The van der Waals surface area contributed by atoms with Crippen molar-refractivity contribution in [1.29, 1.82) is 0 Å². The molecule has 6 nitrogen and oxygen atoms in total. The zero-order chi connectivity index (χ0) is 14.9. The first-order chi connectivity index (χ1) is 10.8. The van der Waals surface area contributed by atoms with Gasteiger partial charge >= 0.3 is 0 Å². The van der Waals surface area contributed by atoms with Crippen molar-refractivity contribution in [3.05, 3.63) is 54.1 Å². The second kappa shape index (κ2) is 5.00. The summed E-state index contributed by atoms with van der Waals surface area (Å²) >= 11 is 0. The highest BCUT2D eigenvalue weighted by Gasteiger charge is 2.13. The molecule has 6 heteroatoms. The number of nitrogens with zero attached hydrogens (tertiary/aromatic N) is 3. The third-order valence-corrected chi connectivity index (χ3v) is 3.38. The molecule has 0 aliphatic carbocycles. The smallest absolute Gasteiger partial charge is 0.272 e. The molecule has 3 aromatic rings. The van der Waals surface area contributed by atoms with Gasteiger partial charge in [-0.25, -0.2) is 0 Å². The molecule has 2 heterocycles. The van der Waals surface area contributed by atoms with Crippen molar-refractivity contribution in [2.75, 3.05) is 6.79 Å². The first-order valence-corrected chi connectivity index (χ1v) is 6.74. The molecule has 108 valence electrons. The predicted octanol–water partition coefficient (Wildman–Crippen LogP) is 2.51. The van der Waals surface area contributed by atoms with Gasteiger partial charge in [0.05, 0.1) is 5.52 Å². The molecule has 0 saturated heterocycles. The van der Waals surface area contributed by atoms with Gasteiger partial charge in [-0.2, -0.15) is 4.68 Å². The molecule has 0 spiro atoms. The lowest BCUT2D eigenvalue weighted by Crippen LogP contribution is -2.08. The molecule has 0 amide bonds. The van der Waals surface area contributed by atoms with Crippen molar-refractivity contribution in [2.45, 2.75) is 0 Å². The van der Waals surface area contributed by atoms with Gasteiger partial charge in [0.1, 0.15) is 5.52 Å². The highest BCUT2D eigenvalue weighted by Crippen LogP contribution is 2.32. The molecule has 1 aliphatic heterocycles. The van der Waals surface area contributed by atoms with Crippen LogP contribution in [-0.2, 0) is 0 Å². The normalized spacial score (nSPS) is 13.1. The number of benzene rings is 2. The van der Waals surface area contributed by atoms with Crippen molar-refractivity contribution in [2.24, 2.45) is 0 Å². The summed E-state index contributed by atoms with van der Waals surface area (Å²) in [5.41, 5.74) is 2.22. The van der Waals surface area contributed by atoms with Crippen LogP contribution in [0.1, 0.15) is 10.4 Å². The van der Waals surface area contributed by atoms with Gasteiger partial charge in [-0.1, -0.05) is 23.4 Å². The van der Waals surface area contributed by atoms with Crippen molar-refractivity contribution in [1.82, 2.24) is 15.0 Å². The monoisotopic (exact) mass is 293 g/mol. The zero-order valence-corrected chi connectivity index (χ0v) is 11.5. The summed E-state index contributed by atoms with van der Waals surface area (Å²) in [6, 6.07) is 12.8. The summed E-state index contributed by atoms with van der Waals surface area (Å²) < 4.78 is 11.8. The van der Waals surface area contributed by atoms with Crippen LogP contribution in [0.5, 0.6) is 11.5 Å². The highest BCUT2D eigenvalue weighted by atomic mass is 16.7. The van der Waals surface area contributed by atoms with E-state index in [9.17, 15) is 4.79 Å². The lowest BCUT2D eigenvalue weighted by Gasteiger charge is -1.98. The summed E-state index contributed by atoms with van der Waals surface area (Å²) in [5.74, 6) is 1.14. The Labute approximate surface area is 125 Å². The van der Waals surface area contributed by atoms with Crippen LogP contribution in [0.25, 0.3) is 17.1 Å². The van der Waals surface area contributed by atoms with Gasteiger partial charge in [0.25, 0.3) is 5.91 Å². The van der Waals surface area contributed by atoms with E-state index >= 15 is 0 Å². The van der Waals surface area contributed by atoms with Crippen LogP contribution in [0.15, 0.2) is 48.5 Å². The van der Waals surface area contributed by atoms with Gasteiger partial charge in [0.2, 0.25) is 6.79 Å². The number of hydrogen-bond donors (Lipinski definition) is 0. The zero-order valence-electron chi connectivity index (χ0n) is 11.5. The molecule has 1 aliphatic rings. The fourth-order valence-electron chi connectivity index (χ4n) is 2.29. The Morgan fingerprint density at radius 3 is 2.95 bits per heavy atom. The number of carbonyl (C=O) groups excluding carboxylic acids is 1. The Morgan fingerprint density at radius 2 is 2.00 bits per heavy atom. The second-order valence-electron chi connectivity index (χ2n) is 4.77. The third kappa shape index (κ3) is 2.10. The minimum Gasteiger partial charge on any atom is -0.454 e. The van der Waals surface area contributed by atoms with Gasteiger partial charge in [0, 0.05) is 6.08 Å². The Balaban J connectivity index is 1.61. The average molecular weight is 293 g/mol. The number of hydrogen-bond acceptors (Lipinski definition) is 5. The number of carbonyl (C=O) groups is 1. The topological polar surface area (TPSA) is 66.2 Å². The molecule has 0 radical (unpaired) electrons. The van der Waals surface area contributed by atoms with Crippen LogP contribution < -0.4 is 9.47 Å². The van der Waals surface area contributed by atoms with Crippen molar-refractivity contribution >= 4 is 23.0 Å². The van der Waals surface area contributed by atoms with Crippen LogP contribution in [-0.4, -0.2) is 27.7 Å². The van der Waals surface area contributed by atoms with E-state index in [1.807, 2.05) is 42.5 Å². The predicted molar refractivity (Wildman–Crippen MR) is 79.8 cm³/mol. The van der Waals surface area contributed by atoms with E-state index in [0.717, 1.165) is 5.56 Å². The van der Waals surface area contributed by atoms with E-state index in [1.165, 1.54) is 10.8 Å². The Kier molecular flexibility index (Phi) is 2.86. The van der Waals surface area contributed by atoms with Crippen LogP contribution in [0.3, 0.4) is 0 Å². The van der Waals surface area contributed by atoms with E-state index in [1.54, 1.807) is 6.08 Å². The van der Waals surface area contributed by atoms with Crippen molar-refractivity contribution < 1.29 is 14.3 Å². The molecule has 0 saturated carbocycles. The second-order valence-corrected chi connectivity index (χ2v) is 4.77. The average Bonchev–Trinajstić information content (AvgIpc) is 3.18. The number of para-hydroxylation sites is 1. The molecule has 0 fully saturated rings. The van der Waals surface area contributed by atoms with Gasteiger partial charge in [0.15, 0.2) is 11.5 Å². The minimum atomic E-state index is -0.258. The van der Waals surface area contributed by atoms with E-state index in [0.29, 0.717) is 22.5 Å². The molecular formula is C16H11N3O3. The molecular weight excluding hydrogens is 282 g/mol. The molecule has 4 rings (SSSR count). The number of rotatable bonds is 2. The van der Waals surface area contributed by atoms with E-state index in [-0.39, 0.29) is 12.7 Å². The van der Waals surface area contributed by atoms with Gasteiger partial charge in [-0.15, -0.1) is 5.10 Å². The van der Waals surface area contributed by atoms with E-state index < -0.39 is 0 Å². The Hall–Kier alpha value is -3.15. The molecule has 0 bridgehead atoms. The Morgan fingerprint density at radius 1 is 1.14 bits per heavy atom. The number of allylic oxidation sites excluding steroid dienone is 1. The van der Waals surface area contributed by atoms with Crippen LogP contribution in [0, 0.1) is 0 Å². The SMILES string of the molecule is O=C(C=Cc1ccc2c(c1)OCO2)n1nnc2ccccc21. The van der Waals surface area contributed by atoms with Crippen molar-refractivity contribution in [3.8, 4) is 11.5 Å². The molecule has 0 atom stereocenters. The van der Waals surface area contributed by atoms with Gasteiger partial charge < -0.3 is 9.47 Å². The summed E-state index contributed by atoms with van der Waals surface area (Å²) in [5, 5.41) is 7.85. The van der Waals surface area contributed by atoms with Crippen LogP contribution in [0.4, 0.5) is 0 Å². The largest absolute Gasteiger partial charge is 0.454 e. The first kappa shape index (κ1) is 12.6. The number of aromatic nitrogens is 3. The summed E-state index contributed by atoms with van der Waals surface area (Å²) in [7, 11) is 0. The maximum Gasteiger partial charge on any atom is 0.272 e. The number of ether oxygens (including phenoxy) is 2. The fourth-order valence-corrected chi connectivity index (χ4v) is 2.29. The molecule has 22 heavy (non-hydrogen) atoms. The standard InChI is InChI=1S/C16H11N3O3/c20-16(19-13-4-2-1-3-12(13)17-18-19)8-6-11-5-7-14-15(9-11)22-10-21-14/h1-9H,10H2. The minimum absolute atomic E-state index is 0.229. The summed E-state index contributed by atoms with van der Waals surface area (Å²) in [4.78, 5) is 12.2. The molecule has 1 aromatic heterocycles. The van der Waals surface area contributed by atoms with Crippen molar-refractivity contribution in [3.63, 3.8) is 0 Å². The molecule has 2 aromatic carbocycles. The quantitative estimate of drug-likeness (QED) is 0.679. The lowest BCUT2D eigenvalue weighted by molar-refractivity contribution is 0.0958. The maximum absolute atomic E-state index is 12.2. The lowest BCUT2D eigenvalue weighted by atomic mass is 10.2. The molecule has 0 N–H and O–H groups in total. The van der Waals surface area contributed by atoms with E-state index in [4.69, 9.17) is 9.47 Å². The van der Waals surface area contributed by atoms with Gasteiger partial charge in [-0.3, -0.25) is 4.79 Å². The van der Waals surface area contributed by atoms with E-state index in [2.05, 4.69) is 10.3 Å². The maximum atomic E-state index is 12.2. The van der Waals surface area contributed by atoms with Crippen LogP contribution in [0.2, 0.25) is 0 Å².